The largest absolute Gasteiger partial charge is 0.494 e. The Balaban J connectivity index is 2.09. The molecule has 9 heteroatoms. The van der Waals surface area contributed by atoms with E-state index in [9.17, 15) is 14.4 Å². The van der Waals surface area contributed by atoms with E-state index in [1.165, 1.54) is 14.0 Å². The Hall–Kier alpha value is -3.59. The van der Waals surface area contributed by atoms with E-state index in [-0.39, 0.29) is 12.3 Å². The predicted octanol–water partition coefficient (Wildman–Crippen LogP) is 3.41. The van der Waals surface area contributed by atoms with Crippen LogP contribution in [0.4, 0.5) is 21.9 Å². The highest BCUT2D eigenvalue weighted by Gasteiger charge is 2.16. The number of nitrogens with one attached hydrogen (secondary N) is 2. The van der Waals surface area contributed by atoms with E-state index in [2.05, 4.69) is 10.6 Å². The minimum Gasteiger partial charge on any atom is -0.494 e. The third-order valence-electron chi connectivity index (χ3n) is 4.93. The molecule has 172 valence electrons. The summed E-state index contributed by atoms with van der Waals surface area (Å²) >= 11 is 0. The Bertz CT molecular complexity index is 963. The SMILES string of the molecule is COc1cc(N(CCN(C)CCC(=O)O)C(C)=O)ccc1NC(=O)Nc1ccccc1C. The number of carboxylic acid groups (broad SMARTS) is 1. The number of aliphatic carboxylic acids is 1. The van der Waals surface area contributed by atoms with Crippen molar-refractivity contribution >= 4 is 35.0 Å². The number of rotatable bonds is 10. The van der Waals surface area contributed by atoms with Crippen molar-refractivity contribution in [3.8, 4) is 5.75 Å². The maximum absolute atomic E-state index is 12.4. The van der Waals surface area contributed by atoms with Crippen LogP contribution in [0.25, 0.3) is 0 Å². The molecule has 3 N–H and O–H groups in total. The van der Waals surface area contributed by atoms with Gasteiger partial charge in [0.25, 0.3) is 0 Å². The molecular formula is C23H30N4O5. The molecule has 0 saturated heterocycles. The van der Waals surface area contributed by atoms with Crippen molar-refractivity contribution in [1.29, 1.82) is 0 Å². The standard InChI is InChI=1S/C23H30N4O5/c1-16-7-5-6-8-19(16)24-23(31)25-20-10-9-18(15-21(20)32-4)27(17(2)28)14-13-26(3)12-11-22(29)30/h5-10,15H,11-14H2,1-4H3,(H,29,30)(H2,24,25,31). The van der Waals surface area contributed by atoms with E-state index in [4.69, 9.17) is 9.84 Å². The Kier molecular flexibility index (Phi) is 9.03. The number of ether oxygens (including phenoxy) is 1. The monoisotopic (exact) mass is 442 g/mol. The number of carbonyl (C=O) groups excluding carboxylic acids is 2. The number of hydrogen-bond donors (Lipinski definition) is 3. The fourth-order valence-electron chi connectivity index (χ4n) is 3.08. The average Bonchev–Trinajstić information content (AvgIpc) is 2.74. The third kappa shape index (κ3) is 7.28. The molecule has 2 aromatic carbocycles. The van der Waals surface area contributed by atoms with Gasteiger partial charge in [0.2, 0.25) is 5.91 Å². The summed E-state index contributed by atoms with van der Waals surface area (Å²) in [7, 11) is 3.29. The van der Waals surface area contributed by atoms with Gasteiger partial charge in [0, 0.05) is 44.0 Å². The smallest absolute Gasteiger partial charge is 0.323 e. The van der Waals surface area contributed by atoms with E-state index in [0.717, 1.165) is 5.56 Å². The lowest BCUT2D eigenvalue weighted by Crippen LogP contribution is -2.37. The van der Waals surface area contributed by atoms with Crippen molar-refractivity contribution in [3.63, 3.8) is 0 Å². The number of carbonyl (C=O) groups is 3. The van der Waals surface area contributed by atoms with Crippen molar-refractivity contribution in [3.05, 3.63) is 48.0 Å². The number of aryl methyl sites for hydroxylation is 1. The van der Waals surface area contributed by atoms with Gasteiger partial charge in [-0.05, 0) is 37.7 Å². The van der Waals surface area contributed by atoms with Gasteiger partial charge in [0.1, 0.15) is 5.75 Å². The van der Waals surface area contributed by atoms with Crippen molar-refractivity contribution in [2.24, 2.45) is 0 Å². The number of amides is 3. The number of carboxylic acids is 1. The van der Waals surface area contributed by atoms with Gasteiger partial charge < -0.3 is 30.3 Å². The van der Waals surface area contributed by atoms with Crippen LogP contribution in [-0.2, 0) is 9.59 Å². The summed E-state index contributed by atoms with van der Waals surface area (Å²) in [6.45, 7) is 4.65. The molecule has 0 saturated carbocycles. The zero-order chi connectivity index (χ0) is 23.7. The van der Waals surface area contributed by atoms with Crippen LogP contribution in [0.1, 0.15) is 18.9 Å². The van der Waals surface area contributed by atoms with Crippen molar-refractivity contribution in [1.82, 2.24) is 4.90 Å². The second kappa shape index (κ2) is 11.7. The number of anilines is 3. The van der Waals surface area contributed by atoms with Crippen LogP contribution in [-0.4, -0.2) is 61.7 Å². The lowest BCUT2D eigenvalue weighted by atomic mass is 10.2. The van der Waals surface area contributed by atoms with E-state index in [1.807, 2.05) is 43.1 Å². The summed E-state index contributed by atoms with van der Waals surface area (Å²) in [4.78, 5) is 38.8. The van der Waals surface area contributed by atoms with Crippen LogP contribution in [0.3, 0.4) is 0 Å². The van der Waals surface area contributed by atoms with Crippen molar-refractivity contribution in [2.75, 3.05) is 49.3 Å². The van der Waals surface area contributed by atoms with Gasteiger partial charge in [-0.2, -0.15) is 0 Å². The molecule has 2 rings (SSSR count). The third-order valence-corrected chi connectivity index (χ3v) is 4.93. The van der Waals surface area contributed by atoms with Crippen molar-refractivity contribution < 1.29 is 24.2 Å². The Morgan fingerprint density at radius 2 is 1.69 bits per heavy atom. The Labute approximate surface area is 188 Å². The van der Waals surface area contributed by atoms with Gasteiger partial charge in [-0.1, -0.05) is 18.2 Å². The second-order valence-electron chi connectivity index (χ2n) is 7.40. The van der Waals surface area contributed by atoms with Gasteiger partial charge in [-0.25, -0.2) is 4.79 Å². The molecule has 32 heavy (non-hydrogen) atoms. The highest BCUT2D eigenvalue weighted by molar-refractivity contribution is 6.01. The normalized spacial score (nSPS) is 10.5. The number of likely N-dealkylation sites (N-methyl/N-ethyl adjacent to an activating group) is 1. The molecule has 3 amide bonds. The summed E-state index contributed by atoms with van der Waals surface area (Å²) in [6.07, 6.45) is 0.0370. The molecule has 0 aromatic heterocycles. The van der Waals surface area contributed by atoms with Crippen LogP contribution in [0, 0.1) is 6.92 Å². The Morgan fingerprint density at radius 1 is 1.00 bits per heavy atom. The zero-order valence-corrected chi connectivity index (χ0v) is 18.8. The molecule has 0 aliphatic heterocycles. The first kappa shape index (κ1) is 24.7. The molecule has 2 aromatic rings. The summed E-state index contributed by atoms with van der Waals surface area (Å²) in [5, 5.41) is 14.4. The minimum atomic E-state index is -0.862. The molecule has 0 spiro atoms. The van der Waals surface area contributed by atoms with Gasteiger partial charge >= 0.3 is 12.0 Å². The zero-order valence-electron chi connectivity index (χ0n) is 18.8. The molecule has 0 radical (unpaired) electrons. The lowest BCUT2D eigenvalue weighted by Gasteiger charge is -2.25. The van der Waals surface area contributed by atoms with Gasteiger partial charge in [0.05, 0.1) is 19.2 Å². The molecule has 0 fully saturated rings. The highest BCUT2D eigenvalue weighted by atomic mass is 16.5. The van der Waals surface area contributed by atoms with Gasteiger partial charge in [-0.3, -0.25) is 9.59 Å². The fraction of sp³-hybridized carbons (Fsp3) is 0.348. The highest BCUT2D eigenvalue weighted by Crippen LogP contribution is 2.30. The summed E-state index contributed by atoms with van der Waals surface area (Å²) in [5.41, 5.74) is 2.72. The molecule has 0 aliphatic carbocycles. The first-order valence-corrected chi connectivity index (χ1v) is 10.2. The number of para-hydroxylation sites is 1. The number of hydrogen-bond acceptors (Lipinski definition) is 5. The average molecular weight is 443 g/mol. The van der Waals surface area contributed by atoms with E-state index in [1.54, 1.807) is 23.1 Å². The predicted molar refractivity (Wildman–Crippen MR) is 125 cm³/mol. The minimum absolute atomic E-state index is 0.0370. The lowest BCUT2D eigenvalue weighted by molar-refractivity contribution is -0.137. The van der Waals surface area contributed by atoms with Crippen LogP contribution in [0.5, 0.6) is 5.75 Å². The summed E-state index contributed by atoms with van der Waals surface area (Å²) < 4.78 is 5.43. The fourth-order valence-corrected chi connectivity index (χ4v) is 3.08. The first-order chi connectivity index (χ1) is 15.2. The van der Waals surface area contributed by atoms with Crippen LogP contribution >= 0.6 is 0 Å². The number of methoxy groups -OCH3 is 1. The van der Waals surface area contributed by atoms with Gasteiger partial charge in [-0.15, -0.1) is 0 Å². The van der Waals surface area contributed by atoms with E-state index in [0.29, 0.717) is 42.4 Å². The molecule has 0 aliphatic rings. The van der Waals surface area contributed by atoms with E-state index < -0.39 is 12.0 Å². The maximum atomic E-state index is 12.4. The van der Waals surface area contributed by atoms with Crippen LogP contribution in [0.2, 0.25) is 0 Å². The molecular weight excluding hydrogens is 412 g/mol. The molecule has 0 heterocycles. The number of benzene rings is 2. The second-order valence-corrected chi connectivity index (χ2v) is 7.40. The molecule has 0 unspecified atom stereocenters. The topological polar surface area (TPSA) is 111 Å². The van der Waals surface area contributed by atoms with Crippen molar-refractivity contribution in [2.45, 2.75) is 20.3 Å². The van der Waals surface area contributed by atoms with Gasteiger partial charge in [0.15, 0.2) is 0 Å². The maximum Gasteiger partial charge on any atom is 0.323 e. The van der Waals surface area contributed by atoms with E-state index >= 15 is 0 Å². The Morgan fingerprint density at radius 3 is 2.31 bits per heavy atom. The van der Waals surface area contributed by atoms with Crippen LogP contribution < -0.4 is 20.3 Å². The van der Waals surface area contributed by atoms with Crippen LogP contribution in [0.15, 0.2) is 42.5 Å². The summed E-state index contributed by atoms with van der Waals surface area (Å²) in [6, 6.07) is 12.1. The first-order valence-electron chi connectivity index (χ1n) is 10.2. The molecule has 9 nitrogen and oxygen atoms in total. The number of urea groups is 1. The molecule has 0 atom stereocenters. The summed E-state index contributed by atoms with van der Waals surface area (Å²) in [5.74, 6) is -0.607. The quantitative estimate of drug-likeness (QED) is 0.520. The number of nitrogens with zero attached hydrogens (tertiary/aromatic N) is 2. The molecule has 0 bridgehead atoms.